The molecule has 0 fully saturated rings. The van der Waals surface area contributed by atoms with Gasteiger partial charge in [0.2, 0.25) is 0 Å². The number of rotatable bonds is 2. The van der Waals surface area contributed by atoms with Crippen LogP contribution in [-0.2, 0) is 0 Å². The molecule has 4 heteroatoms. The summed E-state index contributed by atoms with van der Waals surface area (Å²) in [4.78, 5) is 1.13. The summed E-state index contributed by atoms with van der Waals surface area (Å²) in [7, 11) is 1.89. The average molecular weight is 197 g/mol. The van der Waals surface area contributed by atoms with Crippen LogP contribution in [0.15, 0.2) is 23.1 Å². The summed E-state index contributed by atoms with van der Waals surface area (Å²) in [5, 5.41) is 0. The van der Waals surface area contributed by atoms with Gasteiger partial charge in [0, 0.05) is 4.90 Å². The summed E-state index contributed by atoms with van der Waals surface area (Å²) >= 11 is 1.56. The summed E-state index contributed by atoms with van der Waals surface area (Å²) in [5.41, 5.74) is 0. The summed E-state index contributed by atoms with van der Waals surface area (Å²) < 4.78 is 13.9. The van der Waals surface area contributed by atoms with Crippen molar-refractivity contribution in [3.05, 3.63) is 18.2 Å². The molecule has 0 aromatic heterocycles. The normalized spacial score (nSPS) is 14.2. The van der Waals surface area contributed by atoms with E-state index in [0.717, 1.165) is 16.4 Å². The monoisotopic (exact) mass is 197 g/mol. The fourth-order valence-corrected chi connectivity index (χ4v) is 1.74. The molecule has 1 N–H and O–H groups in total. The van der Waals surface area contributed by atoms with Gasteiger partial charge in [-0.3, -0.25) is 4.72 Å². The first-order valence-electron chi connectivity index (χ1n) is 4.13. The molecule has 70 valence electrons. The lowest BCUT2D eigenvalue weighted by Crippen LogP contribution is -2.15. The number of benzene rings is 1. The Morgan fingerprint density at radius 2 is 2.00 bits per heavy atom. The van der Waals surface area contributed by atoms with Gasteiger partial charge >= 0.3 is 0 Å². The van der Waals surface area contributed by atoms with E-state index in [1.165, 1.54) is 0 Å². The van der Waals surface area contributed by atoms with Crippen LogP contribution >= 0.6 is 11.9 Å². The van der Waals surface area contributed by atoms with E-state index in [-0.39, 0.29) is 0 Å². The predicted octanol–water partition coefficient (Wildman–Crippen LogP) is 1.68. The number of hydrogen-bond donors (Lipinski definition) is 1. The van der Waals surface area contributed by atoms with E-state index in [1.54, 1.807) is 11.9 Å². The molecule has 2 rings (SSSR count). The topological polar surface area (TPSA) is 30.5 Å². The number of hydrogen-bond acceptors (Lipinski definition) is 4. The van der Waals surface area contributed by atoms with Crippen LogP contribution in [0.3, 0.4) is 0 Å². The van der Waals surface area contributed by atoms with Gasteiger partial charge in [0.25, 0.3) is 0 Å². The second-order valence-corrected chi connectivity index (χ2v) is 3.70. The number of ether oxygens (including phenoxy) is 2. The fraction of sp³-hybridized carbons (Fsp3) is 0.333. The Bertz CT molecular complexity index is 304. The minimum Gasteiger partial charge on any atom is -0.486 e. The molecule has 1 aliphatic rings. The van der Waals surface area contributed by atoms with Crippen molar-refractivity contribution in [2.24, 2.45) is 0 Å². The molecule has 0 atom stereocenters. The summed E-state index contributed by atoms with van der Waals surface area (Å²) in [6.07, 6.45) is 0. The molecular formula is C9H11NO2S. The number of fused-ring (bicyclic) bond motifs is 1. The van der Waals surface area contributed by atoms with Crippen molar-refractivity contribution in [1.82, 2.24) is 4.72 Å². The molecule has 13 heavy (non-hydrogen) atoms. The fourth-order valence-electron chi connectivity index (χ4n) is 1.21. The van der Waals surface area contributed by atoms with Crippen LogP contribution in [0, 0.1) is 0 Å². The second-order valence-electron chi connectivity index (χ2n) is 2.61. The van der Waals surface area contributed by atoms with Gasteiger partial charge in [-0.05, 0) is 37.2 Å². The third-order valence-corrected chi connectivity index (χ3v) is 2.43. The highest BCUT2D eigenvalue weighted by molar-refractivity contribution is 7.97. The Morgan fingerprint density at radius 1 is 1.23 bits per heavy atom. The molecule has 0 saturated carbocycles. The highest BCUT2D eigenvalue weighted by Gasteiger charge is 2.11. The Kier molecular flexibility index (Phi) is 2.61. The smallest absolute Gasteiger partial charge is 0.162 e. The molecule has 3 nitrogen and oxygen atoms in total. The first-order chi connectivity index (χ1) is 6.40. The van der Waals surface area contributed by atoms with Crippen LogP contribution in [0.5, 0.6) is 11.5 Å². The van der Waals surface area contributed by atoms with Gasteiger partial charge in [-0.1, -0.05) is 0 Å². The van der Waals surface area contributed by atoms with E-state index < -0.39 is 0 Å². The highest BCUT2D eigenvalue weighted by Crippen LogP contribution is 2.33. The van der Waals surface area contributed by atoms with Crippen molar-refractivity contribution in [2.75, 3.05) is 20.3 Å². The molecule has 1 aromatic carbocycles. The van der Waals surface area contributed by atoms with Crippen molar-refractivity contribution in [2.45, 2.75) is 4.90 Å². The van der Waals surface area contributed by atoms with Gasteiger partial charge in [0.05, 0.1) is 0 Å². The van der Waals surface area contributed by atoms with Crippen molar-refractivity contribution in [1.29, 1.82) is 0 Å². The Labute approximate surface area is 81.6 Å². The van der Waals surface area contributed by atoms with Crippen molar-refractivity contribution < 1.29 is 9.47 Å². The minimum atomic E-state index is 0.640. The van der Waals surface area contributed by atoms with Crippen LogP contribution in [0.4, 0.5) is 0 Å². The number of nitrogens with one attached hydrogen (secondary N) is 1. The lowest BCUT2D eigenvalue weighted by Gasteiger charge is -2.18. The lowest BCUT2D eigenvalue weighted by molar-refractivity contribution is 0.171. The van der Waals surface area contributed by atoms with Crippen LogP contribution in [0.25, 0.3) is 0 Å². The van der Waals surface area contributed by atoms with Crippen molar-refractivity contribution in [3.8, 4) is 11.5 Å². The average Bonchev–Trinajstić information content (AvgIpc) is 2.18. The Hall–Kier alpha value is -0.870. The quantitative estimate of drug-likeness (QED) is 0.731. The van der Waals surface area contributed by atoms with E-state index in [4.69, 9.17) is 9.47 Å². The first-order valence-corrected chi connectivity index (χ1v) is 4.95. The van der Waals surface area contributed by atoms with Gasteiger partial charge in [-0.15, -0.1) is 0 Å². The van der Waals surface area contributed by atoms with Crippen molar-refractivity contribution in [3.63, 3.8) is 0 Å². The van der Waals surface area contributed by atoms with Crippen LogP contribution < -0.4 is 14.2 Å². The van der Waals surface area contributed by atoms with Gasteiger partial charge in [-0.25, -0.2) is 0 Å². The third kappa shape index (κ3) is 1.89. The highest BCUT2D eigenvalue weighted by atomic mass is 32.2. The molecule has 0 radical (unpaired) electrons. The molecule has 0 aliphatic carbocycles. The molecule has 0 saturated heterocycles. The molecule has 1 heterocycles. The van der Waals surface area contributed by atoms with Gasteiger partial charge in [0.15, 0.2) is 11.5 Å². The van der Waals surface area contributed by atoms with Gasteiger partial charge < -0.3 is 9.47 Å². The predicted molar refractivity (Wildman–Crippen MR) is 52.3 cm³/mol. The van der Waals surface area contributed by atoms with Gasteiger partial charge in [-0.2, -0.15) is 0 Å². The molecular weight excluding hydrogens is 186 g/mol. The Balaban J connectivity index is 2.24. The van der Waals surface area contributed by atoms with Crippen LogP contribution in [0.1, 0.15) is 0 Å². The maximum Gasteiger partial charge on any atom is 0.162 e. The molecule has 1 aromatic rings. The molecule has 0 amide bonds. The Morgan fingerprint density at radius 3 is 2.77 bits per heavy atom. The van der Waals surface area contributed by atoms with E-state index in [9.17, 15) is 0 Å². The first kappa shape index (κ1) is 8.72. The zero-order valence-corrected chi connectivity index (χ0v) is 8.19. The SMILES string of the molecule is CNSc1ccc2c(c1)OCCO2. The van der Waals surface area contributed by atoms with E-state index in [1.807, 2.05) is 25.2 Å². The molecule has 0 unspecified atom stereocenters. The maximum absolute atomic E-state index is 5.44. The van der Waals surface area contributed by atoms with Crippen LogP contribution in [0.2, 0.25) is 0 Å². The largest absolute Gasteiger partial charge is 0.486 e. The minimum absolute atomic E-state index is 0.640. The van der Waals surface area contributed by atoms with E-state index in [2.05, 4.69) is 4.72 Å². The lowest BCUT2D eigenvalue weighted by atomic mass is 10.3. The summed E-state index contributed by atoms with van der Waals surface area (Å²) in [6.45, 7) is 1.28. The third-order valence-electron chi connectivity index (χ3n) is 1.73. The molecule has 1 aliphatic heterocycles. The molecule has 0 spiro atoms. The van der Waals surface area contributed by atoms with Gasteiger partial charge in [0.1, 0.15) is 13.2 Å². The summed E-state index contributed by atoms with van der Waals surface area (Å²) in [5.74, 6) is 1.68. The maximum atomic E-state index is 5.44. The second kappa shape index (κ2) is 3.89. The zero-order valence-electron chi connectivity index (χ0n) is 7.37. The standard InChI is InChI=1S/C9H11NO2S/c1-10-13-7-2-3-8-9(6-7)12-5-4-11-8/h2-3,6,10H,4-5H2,1H3. The van der Waals surface area contributed by atoms with Crippen LogP contribution in [-0.4, -0.2) is 20.3 Å². The summed E-state index contributed by atoms with van der Waals surface area (Å²) in [6, 6.07) is 5.93. The van der Waals surface area contributed by atoms with Crippen molar-refractivity contribution >= 4 is 11.9 Å². The molecule has 0 bridgehead atoms. The zero-order chi connectivity index (χ0) is 9.10. The van der Waals surface area contributed by atoms with E-state index in [0.29, 0.717) is 13.2 Å². The van der Waals surface area contributed by atoms with E-state index >= 15 is 0 Å².